The molecule has 1 saturated carbocycles. The van der Waals surface area contributed by atoms with Crippen LogP contribution in [-0.4, -0.2) is 17.8 Å². The maximum absolute atomic E-state index is 13.4. The fourth-order valence-corrected chi connectivity index (χ4v) is 2.45. The number of aliphatic hydroxyl groups is 1. The van der Waals surface area contributed by atoms with Gasteiger partial charge in [0.05, 0.1) is 0 Å². The molecule has 0 bridgehead atoms. The van der Waals surface area contributed by atoms with E-state index in [1.54, 1.807) is 6.07 Å². The monoisotopic (exact) mass is 237 g/mol. The lowest BCUT2D eigenvalue weighted by Gasteiger charge is -2.28. The first-order valence-electron chi connectivity index (χ1n) is 6.37. The van der Waals surface area contributed by atoms with Crippen molar-refractivity contribution in [2.24, 2.45) is 5.92 Å². The van der Waals surface area contributed by atoms with Crippen molar-refractivity contribution >= 4 is 0 Å². The predicted molar refractivity (Wildman–Crippen MR) is 66.1 cm³/mol. The minimum Gasteiger partial charge on any atom is -0.396 e. The Morgan fingerprint density at radius 2 is 1.88 bits per heavy atom. The lowest BCUT2D eigenvalue weighted by molar-refractivity contribution is 0.175. The molecule has 0 radical (unpaired) electrons. The Balaban J connectivity index is 1.78. The van der Waals surface area contributed by atoms with Gasteiger partial charge in [-0.25, -0.2) is 4.39 Å². The third kappa shape index (κ3) is 3.51. The lowest BCUT2D eigenvalue weighted by Crippen LogP contribution is -2.33. The first-order valence-corrected chi connectivity index (χ1v) is 6.37. The van der Waals surface area contributed by atoms with Gasteiger partial charge >= 0.3 is 0 Å². The highest BCUT2D eigenvalue weighted by Gasteiger charge is 2.20. The third-order valence-electron chi connectivity index (χ3n) is 3.64. The van der Waals surface area contributed by atoms with Crippen molar-refractivity contribution in [2.75, 3.05) is 6.61 Å². The first kappa shape index (κ1) is 12.5. The van der Waals surface area contributed by atoms with E-state index < -0.39 is 0 Å². The van der Waals surface area contributed by atoms with Crippen LogP contribution in [0, 0.1) is 11.7 Å². The van der Waals surface area contributed by atoms with Gasteiger partial charge in [0.1, 0.15) is 5.82 Å². The molecule has 0 spiro atoms. The van der Waals surface area contributed by atoms with E-state index in [9.17, 15) is 4.39 Å². The van der Waals surface area contributed by atoms with Gasteiger partial charge in [0.2, 0.25) is 0 Å². The largest absolute Gasteiger partial charge is 0.396 e. The summed E-state index contributed by atoms with van der Waals surface area (Å²) in [5.74, 6) is 0.338. The number of benzene rings is 1. The summed E-state index contributed by atoms with van der Waals surface area (Å²) < 4.78 is 13.4. The van der Waals surface area contributed by atoms with Crippen LogP contribution in [0.5, 0.6) is 0 Å². The molecule has 0 aromatic heterocycles. The Hall–Kier alpha value is -0.930. The molecule has 1 aromatic carbocycles. The van der Waals surface area contributed by atoms with Crippen molar-refractivity contribution in [3.63, 3.8) is 0 Å². The molecule has 1 aliphatic carbocycles. The third-order valence-corrected chi connectivity index (χ3v) is 3.64. The lowest BCUT2D eigenvalue weighted by atomic mass is 9.86. The van der Waals surface area contributed by atoms with E-state index in [0.29, 0.717) is 25.1 Å². The fourth-order valence-electron chi connectivity index (χ4n) is 2.45. The van der Waals surface area contributed by atoms with E-state index >= 15 is 0 Å². The molecule has 1 aromatic rings. The van der Waals surface area contributed by atoms with Crippen LogP contribution in [0.3, 0.4) is 0 Å². The summed E-state index contributed by atoms with van der Waals surface area (Å²) in [6.45, 7) is 0.904. The molecule has 94 valence electrons. The molecule has 0 atom stereocenters. The zero-order valence-corrected chi connectivity index (χ0v) is 10.0. The number of aliphatic hydroxyl groups excluding tert-OH is 1. The fraction of sp³-hybridized carbons (Fsp3) is 0.571. The summed E-state index contributed by atoms with van der Waals surface area (Å²) in [6, 6.07) is 7.37. The molecule has 0 unspecified atom stereocenters. The van der Waals surface area contributed by atoms with E-state index in [0.717, 1.165) is 31.2 Å². The van der Waals surface area contributed by atoms with Gasteiger partial charge in [0.15, 0.2) is 0 Å². The van der Waals surface area contributed by atoms with Crippen LogP contribution in [0.4, 0.5) is 4.39 Å². The van der Waals surface area contributed by atoms with Crippen molar-refractivity contribution in [2.45, 2.75) is 38.3 Å². The Labute approximate surface area is 102 Å². The maximum Gasteiger partial charge on any atom is 0.127 e. The molecule has 0 heterocycles. The molecular weight excluding hydrogens is 217 g/mol. The number of rotatable bonds is 4. The molecule has 2 nitrogen and oxygen atoms in total. The second kappa shape index (κ2) is 6.12. The molecule has 0 saturated heterocycles. The first-order chi connectivity index (χ1) is 8.29. The van der Waals surface area contributed by atoms with E-state index in [1.165, 1.54) is 6.07 Å². The van der Waals surface area contributed by atoms with Crippen LogP contribution in [-0.2, 0) is 6.54 Å². The maximum atomic E-state index is 13.4. The van der Waals surface area contributed by atoms with Crippen LogP contribution in [0.25, 0.3) is 0 Å². The van der Waals surface area contributed by atoms with Crippen molar-refractivity contribution < 1.29 is 9.50 Å². The molecule has 0 aliphatic heterocycles. The number of halogens is 1. The quantitative estimate of drug-likeness (QED) is 0.843. The Morgan fingerprint density at radius 1 is 1.18 bits per heavy atom. The normalized spacial score (nSPS) is 24.8. The van der Waals surface area contributed by atoms with Gasteiger partial charge in [-0.15, -0.1) is 0 Å². The van der Waals surface area contributed by atoms with Crippen molar-refractivity contribution in [1.82, 2.24) is 5.32 Å². The Bertz CT molecular complexity index is 348. The van der Waals surface area contributed by atoms with Gasteiger partial charge in [0.25, 0.3) is 0 Å². The Morgan fingerprint density at radius 3 is 2.53 bits per heavy atom. The van der Waals surface area contributed by atoms with Gasteiger partial charge in [0, 0.05) is 24.8 Å². The number of hydrogen-bond acceptors (Lipinski definition) is 2. The standard InChI is InChI=1S/C14H20FNO/c15-14-4-2-1-3-12(14)9-16-13-7-5-11(10-17)6-8-13/h1-4,11,13,16-17H,5-10H2. The number of nitrogens with one attached hydrogen (secondary N) is 1. The molecule has 1 aliphatic rings. The topological polar surface area (TPSA) is 32.3 Å². The van der Waals surface area contributed by atoms with Crippen molar-refractivity contribution in [1.29, 1.82) is 0 Å². The smallest absolute Gasteiger partial charge is 0.127 e. The second-order valence-corrected chi connectivity index (χ2v) is 4.87. The summed E-state index contributed by atoms with van der Waals surface area (Å²) in [6.07, 6.45) is 4.32. The second-order valence-electron chi connectivity index (χ2n) is 4.87. The van der Waals surface area contributed by atoms with E-state index in [4.69, 9.17) is 5.11 Å². The highest BCUT2D eigenvalue weighted by molar-refractivity contribution is 5.17. The van der Waals surface area contributed by atoms with Crippen LogP contribution >= 0.6 is 0 Å². The van der Waals surface area contributed by atoms with Crippen LogP contribution in [0.15, 0.2) is 24.3 Å². The van der Waals surface area contributed by atoms with Gasteiger partial charge < -0.3 is 10.4 Å². The van der Waals surface area contributed by atoms with Crippen LogP contribution in [0.1, 0.15) is 31.2 Å². The molecule has 3 heteroatoms. The van der Waals surface area contributed by atoms with Crippen molar-refractivity contribution in [3.8, 4) is 0 Å². The average Bonchev–Trinajstić information content (AvgIpc) is 2.38. The molecule has 1 fully saturated rings. The van der Waals surface area contributed by atoms with Gasteiger partial charge in [-0.05, 0) is 37.7 Å². The summed E-state index contributed by atoms with van der Waals surface area (Å²) in [7, 11) is 0. The molecular formula is C14H20FNO. The highest BCUT2D eigenvalue weighted by Crippen LogP contribution is 2.24. The Kier molecular flexibility index (Phi) is 4.51. The zero-order valence-electron chi connectivity index (χ0n) is 10.0. The molecule has 0 amide bonds. The van der Waals surface area contributed by atoms with Gasteiger partial charge in [-0.2, -0.15) is 0 Å². The molecule has 2 rings (SSSR count). The minimum atomic E-state index is -0.135. The minimum absolute atomic E-state index is 0.135. The van der Waals surface area contributed by atoms with Crippen molar-refractivity contribution in [3.05, 3.63) is 35.6 Å². The molecule has 17 heavy (non-hydrogen) atoms. The van der Waals surface area contributed by atoms with E-state index in [2.05, 4.69) is 5.32 Å². The summed E-state index contributed by atoms with van der Waals surface area (Å²) >= 11 is 0. The summed E-state index contributed by atoms with van der Waals surface area (Å²) in [5.41, 5.74) is 0.733. The molecule has 2 N–H and O–H groups in total. The SMILES string of the molecule is OCC1CCC(NCc2ccccc2F)CC1. The van der Waals surface area contributed by atoms with E-state index in [1.807, 2.05) is 12.1 Å². The van der Waals surface area contributed by atoms with Gasteiger partial charge in [-0.1, -0.05) is 18.2 Å². The summed E-state index contributed by atoms with van der Waals surface area (Å²) in [4.78, 5) is 0. The van der Waals surface area contributed by atoms with Crippen LogP contribution in [0.2, 0.25) is 0 Å². The van der Waals surface area contributed by atoms with E-state index in [-0.39, 0.29) is 5.82 Å². The van der Waals surface area contributed by atoms with Crippen LogP contribution < -0.4 is 5.32 Å². The predicted octanol–water partition coefficient (Wildman–Crippen LogP) is 2.47. The highest BCUT2D eigenvalue weighted by atomic mass is 19.1. The summed E-state index contributed by atoms with van der Waals surface area (Å²) in [5, 5.41) is 12.5. The number of hydrogen-bond donors (Lipinski definition) is 2. The zero-order chi connectivity index (χ0) is 12.1. The van der Waals surface area contributed by atoms with Gasteiger partial charge in [-0.3, -0.25) is 0 Å². The average molecular weight is 237 g/mol.